The number of hydrogen-bond acceptors (Lipinski definition) is 5. The Morgan fingerprint density at radius 3 is 2.92 bits per heavy atom. The molecule has 2 aromatic rings. The Balaban J connectivity index is 1.50. The summed E-state index contributed by atoms with van der Waals surface area (Å²) in [5, 5.41) is 16.6. The highest BCUT2D eigenvalue weighted by atomic mass is 32.1. The van der Waals surface area contributed by atoms with Gasteiger partial charge in [-0.2, -0.15) is 0 Å². The molecule has 0 saturated carbocycles. The molecule has 1 aromatic carbocycles. The molecule has 1 fully saturated rings. The van der Waals surface area contributed by atoms with Crippen LogP contribution in [-0.4, -0.2) is 31.4 Å². The van der Waals surface area contributed by atoms with Crippen LogP contribution in [0.3, 0.4) is 0 Å². The average Bonchev–Trinajstić information content (AvgIpc) is 3.10. The summed E-state index contributed by atoms with van der Waals surface area (Å²) in [7, 11) is 1.66. The van der Waals surface area contributed by atoms with Gasteiger partial charge in [0.05, 0.1) is 18.6 Å². The summed E-state index contributed by atoms with van der Waals surface area (Å²) >= 11 is 1.57. The van der Waals surface area contributed by atoms with E-state index in [1.807, 2.05) is 29.6 Å². The average molecular weight is 347 g/mol. The summed E-state index contributed by atoms with van der Waals surface area (Å²) in [6.07, 6.45) is 2.30. The highest BCUT2D eigenvalue weighted by molar-refractivity contribution is 7.10. The molecule has 2 unspecified atom stereocenters. The molecule has 2 atom stereocenters. The minimum absolute atomic E-state index is 0.256. The van der Waals surface area contributed by atoms with Gasteiger partial charge in [0.1, 0.15) is 11.4 Å². The Morgan fingerprint density at radius 2 is 2.12 bits per heavy atom. The van der Waals surface area contributed by atoms with Gasteiger partial charge in [0, 0.05) is 12.6 Å². The Morgan fingerprint density at radius 1 is 1.29 bits per heavy atom. The van der Waals surface area contributed by atoms with Crippen LogP contribution in [0.25, 0.3) is 0 Å². The van der Waals surface area contributed by atoms with E-state index < -0.39 is 5.60 Å². The molecule has 1 aromatic heterocycles. The third-order valence-corrected chi connectivity index (χ3v) is 5.64. The van der Waals surface area contributed by atoms with Crippen molar-refractivity contribution in [3.8, 4) is 5.75 Å². The molecule has 5 heteroatoms. The zero-order chi connectivity index (χ0) is 16.8. The van der Waals surface area contributed by atoms with Gasteiger partial charge in [-0.25, -0.2) is 0 Å². The second kappa shape index (κ2) is 8.12. The van der Waals surface area contributed by atoms with Crippen LogP contribution in [0.5, 0.6) is 5.75 Å². The van der Waals surface area contributed by atoms with E-state index in [0.29, 0.717) is 26.1 Å². The lowest BCUT2D eigenvalue weighted by atomic mass is 9.85. The molecule has 0 radical (unpaired) electrons. The molecule has 3 rings (SSSR count). The van der Waals surface area contributed by atoms with E-state index in [-0.39, 0.29) is 6.04 Å². The number of ether oxygens (including phenoxy) is 2. The maximum atomic E-state index is 11.1. The SMILES string of the molecule is COc1ccsc1C1(O)CCNC(CCOCc2ccccc2)C1. The minimum Gasteiger partial charge on any atom is -0.495 e. The zero-order valence-electron chi connectivity index (χ0n) is 14.0. The van der Waals surface area contributed by atoms with Crippen molar-refractivity contribution < 1.29 is 14.6 Å². The second-order valence-corrected chi connectivity index (χ2v) is 7.20. The van der Waals surface area contributed by atoms with Crippen LogP contribution in [-0.2, 0) is 16.9 Å². The fourth-order valence-electron chi connectivity index (χ4n) is 3.26. The molecule has 2 heterocycles. The van der Waals surface area contributed by atoms with E-state index in [4.69, 9.17) is 9.47 Å². The Bertz CT molecular complexity index is 631. The topological polar surface area (TPSA) is 50.7 Å². The first-order chi connectivity index (χ1) is 11.7. The molecule has 0 aliphatic carbocycles. The number of aliphatic hydroxyl groups is 1. The number of nitrogens with one attached hydrogen (secondary N) is 1. The number of thiophene rings is 1. The summed E-state index contributed by atoms with van der Waals surface area (Å²) in [6, 6.07) is 12.4. The summed E-state index contributed by atoms with van der Waals surface area (Å²) in [4.78, 5) is 0.946. The number of piperidine rings is 1. The van der Waals surface area contributed by atoms with Gasteiger partial charge in [-0.05, 0) is 42.8 Å². The van der Waals surface area contributed by atoms with E-state index in [1.165, 1.54) is 5.56 Å². The van der Waals surface area contributed by atoms with Crippen molar-refractivity contribution in [1.82, 2.24) is 5.32 Å². The summed E-state index contributed by atoms with van der Waals surface area (Å²) in [5.41, 5.74) is 0.392. The quantitative estimate of drug-likeness (QED) is 0.755. The predicted molar refractivity (Wildman–Crippen MR) is 96.5 cm³/mol. The van der Waals surface area contributed by atoms with Crippen LogP contribution in [0.1, 0.15) is 29.7 Å². The third-order valence-electron chi connectivity index (χ3n) is 4.55. The van der Waals surface area contributed by atoms with E-state index in [9.17, 15) is 5.11 Å². The molecule has 1 aliphatic rings. The standard InChI is InChI=1S/C19H25NO3S/c1-22-17-8-12-24-18(17)19(21)9-10-20-16(13-19)7-11-23-14-15-5-3-2-4-6-15/h2-6,8,12,16,20-21H,7,9-11,13-14H2,1H3. The number of rotatable bonds is 7. The molecular formula is C19H25NO3S. The normalized spacial score (nSPS) is 24.0. The minimum atomic E-state index is -0.797. The second-order valence-electron chi connectivity index (χ2n) is 6.28. The van der Waals surface area contributed by atoms with E-state index in [0.717, 1.165) is 23.6 Å². The van der Waals surface area contributed by atoms with Crippen LogP contribution in [0.4, 0.5) is 0 Å². The fraction of sp³-hybridized carbons (Fsp3) is 0.474. The van der Waals surface area contributed by atoms with Crippen molar-refractivity contribution in [2.45, 2.75) is 37.5 Å². The molecule has 2 N–H and O–H groups in total. The van der Waals surface area contributed by atoms with E-state index >= 15 is 0 Å². The first-order valence-corrected chi connectivity index (χ1v) is 9.28. The van der Waals surface area contributed by atoms with Crippen molar-refractivity contribution in [2.75, 3.05) is 20.3 Å². The molecule has 0 amide bonds. The molecule has 130 valence electrons. The summed E-state index contributed by atoms with van der Waals surface area (Å²) < 4.78 is 11.2. The summed E-state index contributed by atoms with van der Waals surface area (Å²) in [6.45, 7) is 2.13. The molecule has 1 aliphatic heterocycles. The van der Waals surface area contributed by atoms with Gasteiger partial charge >= 0.3 is 0 Å². The lowest BCUT2D eigenvalue weighted by molar-refractivity contribution is -0.0131. The first kappa shape index (κ1) is 17.4. The van der Waals surface area contributed by atoms with Gasteiger partial charge in [0.25, 0.3) is 0 Å². The van der Waals surface area contributed by atoms with E-state index in [1.54, 1.807) is 18.4 Å². The van der Waals surface area contributed by atoms with Crippen LogP contribution in [0.15, 0.2) is 41.8 Å². The van der Waals surface area contributed by atoms with Crippen molar-refractivity contribution in [1.29, 1.82) is 0 Å². The number of methoxy groups -OCH3 is 1. The van der Waals surface area contributed by atoms with Gasteiger partial charge in [-0.1, -0.05) is 30.3 Å². The summed E-state index contributed by atoms with van der Waals surface area (Å²) in [5.74, 6) is 0.795. The number of benzene rings is 1. The predicted octanol–water partition coefficient (Wildman–Crippen LogP) is 3.30. The highest BCUT2D eigenvalue weighted by Gasteiger charge is 2.38. The maximum Gasteiger partial charge on any atom is 0.135 e. The molecule has 24 heavy (non-hydrogen) atoms. The Kier molecular flexibility index (Phi) is 5.89. The first-order valence-electron chi connectivity index (χ1n) is 8.41. The van der Waals surface area contributed by atoms with Crippen molar-refractivity contribution in [3.05, 3.63) is 52.2 Å². The van der Waals surface area contributed by atoms with Gasteiger partial charge in [0.2, 0.25) is 0 Å². The highest BCUT2D eigenvalue weighted by Crippen LogP contribution is 2.41. The molecule has 0 spiro atoms. The number of hydrogen-bond donors (Lipinski definition) is 2. The van der Waals surface area contributed by atoms with Crippen LogP contribution >= 0.6 is 11.3 Å². The Hall–Kier alpha value is -1.40. The Labute approximate surface area is 147 Å². The lowest BCUT2D eigenvalue weighted by Gasteiger charge is -2.37. The lowest BCUT2D eigenvalue weighted by Crippen LogP contribution is -2.46. The maximum absolute atomic E-state index is 11.1. The largest absolute Gasteiger partial charge is 0.495 e. The van der Waals surface area contributed by atoms with Crippen LogP contribution in [0.2, 0.25) is 0 Å². The third kappa shape index (κ3) is 4.16. The fourth-order valence-corrected chi connectivity index (χ4v) is 4.26. The van der Waals surface area contributed by atoms with Gasteiger partial charge in [-0.3, -0.25) is 0 Å². The molecular weight excluding hydrogens is 322 g/mol. The van der Waals surface area contributed by atoms with Gasteiger partial charge < -0.3 is 19.9 Å². The van der Waals surface area contributed by atoms with E-state index in [2.05, 4.69) is 17.4 Å². The smallest absolute Gasteiger partial charge is 0.135 e. The van der Waals surface area contributed by atoms with Crippen molar-refractivity contribution in [3.63, 3.8) is 0 Å². The van der Waals surface area contributed by atoms with Gasteiger partial charge in [-0.15, -0.1) is 11.3 Å². The van der Waals surface area contributed by atoms with Crippen LogP contribution < -0.4 is 10.1 Å². The molecule has 4 nitrogen and oxygen atoms in total. The zero-order valence-corrected chi connectivity index (χ0v) is 14.8. The van der Waals surface area contributed by atoms with Crippen molar-refractivity contribution in [2.24, 2.45) is 0 Å². The molecule has 0 bridgehead atoms. The van der Waals surface area contributed by atoms with Crippen LogP contribution in [0, 0.1) is 0 Å². The van der Waals surface area contributed by atoms with Crippen molar-refractivity contribution >= 4 is 11.3 Å². The molecule has 1 saturated heterocycles. The van der Waals surface area contributed by atoms with Gasteiger partial charge in [0.15, 0.2) is 0 Å². The monoisotopic (exact) mass is 347 g/mol.